The molecule has 1 aromatic rings. The fourth-order valence-electron chi connectivity index (χ4n) is 0.784. The van der Waals surface area contributed by atoms with Crippen molar-refractivity contribution in [2.24, 2.45) is 4.99 Å². The molecular formula is C11H16N2. The van der Waals surface area contributed by atoms with E-state index in [-0.39, 0.29) is 5.54 Å². The first-order chi connectivity index (χ1) is 6.14. The van der Waals surface area contributed by atoms with Gasteiger partial charge in [-0.05, 0) is 32.4 Å². The Morgan fingerprint density at radius 1 is 1.46 bits per heavy atom. The monoisotopic (exact) mass is 176 g/mol. The molecule has 0 N–H and O–H groups in total. The predicted octanol–water partition coefficient (Wildman–Crippen LogP) is 2.69. The standard InChI is InChI=1S/C11H16N2/c1-4-11(2,3)13-9-10-7-5-6-8-12-10/h5-9H,4H2,1-3H3/b13-9+. The van der Waals surface area contributed by atoms with E-state index in [1.807, 2.05) is 24.4 Å². The summed E-state index contributed by atoms with van der Waals surface area (Å²) >= 11 is 0. The summed E-state index contributed by atoms with van der Waals surface area (Å²) in [4.78, 5) is 8.62. The van der Waals surface area contributed by atoms with Gasteiger partial charge in [-0.1, -0.05) is 13.0 Å². The molecular weight excluding hydrogens is 160 g/mol. The average Bonchev–Trinajstić information content (AvgIpc) is 2.17. The van der Waals surface area contributed by atoms with Crippen LogP contribution in [0.3, 0.4) is 0 Å². The molecule has 0 aliphatic carbocycles. The van der Waals surface area contributed by atoms with Crippen molar-refractivity contribution in [2.45, 2.75) is 32.7 Å². The van der Waals surface area contributed by atoms with E-state index in [4.69, 9.17) is 0 Å². The summed E-state index contributed by atoms with van der Waals surface area (Å²) in [6, 6.07) is 5.82. The third-order valence-corrected chi connectivity index (χ3v) is 2.10. The van der Waals surface area contributed by atoms with Crippen molar-refractivity contribution in [2.75, 3.05) is 0 Å². The summed E-state index contributed by atoms with van der Waals surface area (Å²) in [5.41, 5.74) is 0.946. The van der Waals surface area contributed by atoms with Crippen molar-refractivity contribution in [1.82, 2.24) is 4.98 Å². The lowest BCUT2D eigenvalue weighted by atomic mass is 10.0. The Balaban J connectivity index is 2.69. The topological polar surface area (TPSA) is 25.2 Å². The highest BCUT2D eigenvalue weighted by Crippen LogP contribution is 2.12. The van der Waals surface area contributed by atoms with Crippen LogP contribution in [0.4, 0.5) is 0 Å². The van der Waals surface area contributed by atoms with E-state index in [9.17, 15) is 0 Å². The molecule has 0 unspecified atom stereocenters. The van der Waals surface area contributed by atoms with E-state index < -0.39 is 0 Å². The Morgan fingerprint density at radius 2 is 2.23 bits per heavy atom. The fourth-order valence-corrected chi connectivity index (χ4v) is 0.784. The Morgan fingerprint density at radius 3 is 2.77 bits per heavy atom. The van der Waals surface area contributed by atoms with Crippen molar-refractivity contribution in [3.8, 4) is 0 Å². The van der Waals surface area contributed by atoms with Crippen LogP contribution in [-0.2, 0) is 0 Å². The van der Waals surface area contributed by atoms with Crippen LogP contribution in [0.15, 0.2) is 29.4 Å². The minimum atomic E-state index is 0.0253. The second-order valence-electron chi connectivity index (χ2n) is 3.68. The van der Waals surface area contributed by atoms with E-state index >= 15 is 0 Å². The first kappa shape index (κ1) is 9.90. The van der Waals surface area contributed by atoms with Gasteiger partial charge < -0.3 is 0 Å². The van der Waals surface area contributed by atoms with Crippen LogP contribution in [-0.4, -0.2) is 16.7 Å². The molecule has 1 aromatic heterocycles. The summed E-state index contributed by atoms with van der Waals surface area (Å²) in [6.07, 6.45) is 4.65. The number of nitrogens with zero attached hydrogens (tertiary/aromatic N) is 2. The highest BCUT2D eigenvalue weighted by Gasteiger charge is 2.10. The molecule has 0 aromatic carbocycles. The lowest BCUT2D eigenvalue weighted by molar-refractivity contribution is 0.507. The SMILES string of the molecule is CCC(C)(C)/N=C/c1ccccn1. The van der Waals surface area contributed by atoms with E-state index in [0.29, 0.717) is 0 Å². The molecule has 0 radical (unpaired) electrons. The average molecular weight is 176 g/mol. The van der Waals surface area contributed by atoms with Crippen molar-refractivity contribution >= 4 is 6.21 Å². The van der Waals surface area contributed by atoms with E-state index in [1.54, 1.807) is 6.20 Å². The minimum Gasteiger partial charge on any atom is -0.285 e. The maximum atomic E-state index is 4.46. The van der Waals surface area contributed by atoms with Crippen LogP contribution in [0.2, 0.25) is 0 Å². The maximum absolute atomic E-state index is 4.46. The van der Waals surface area contributed by atoms with Crippen LogP contribution in [0.25, 0.3) is 0 Å². The predicted molar refractivity (Wildman–Crippen MR) is 56.2 cm³/mol. The normalized spacial score (nSPS) is 12.2. The largest absolute Gasteiger partial charge is 0.285 e. The fraction of sp³-hybridized carbons (Fsp3) is 0.455. The van der Waals surface area contributed by atoms with Crippen molar-refractivity contribution in [3.05, 3.63) is 30.1 Å². The zero-order valence-electron chi connectivity index (χ0n) is 8.49. The molecule has 0 saturated carbocycles. The zero-order chi connectivity index (χ0) is 9.73. The Bertz CT molecular complexity index is 275. The summed E-state index contributed by atoms with van der Waals surface area (Å²) in [5.74, 6) is 0. The quantitative estimate of drug-likeness (QED) is 0.650. The van der Waals surface area contributed by atoms with Gasteiger partial charge in [0.05, 0.1) is 11.2 Å². The van der Waals surface area contributed by atoms with Crippen molar-refractivity contribution in [1.29, 1.82) is 0 Å². The second-order valence-corrected chi connectivity index (χ2v) is 3.68. The maximum Gasteiger partial charge on any atom is 0.0808 e. The summed E-state index contributed by atoms with van der Waals surface area (Å²) in [7, 11) is 0. The van der Waals surface area contributed by atoms with Gasteiger partial charge in [-0.25, -0.2) is 0 Å². The molecule has 2 nitrogen and oxygen atoms in total. The molecule has 70 valence electrons. The van der Waals surface area contributed by atoms with Gasteiger partial charge in [0.25, 0.3) is 0 Å². The van der Waals surface area contributed by atoms with Gasteiger partial charge in [0.2, 0.25) is 0 Å². The molecule has 1 heterocycles. The highest BCUT2D eigenvalue weighted by atomic mass is 14.8. The number of aromatic nitrogens is 1. The van der Waals surface area contributed by atoms with Gasteiger partial charge in [0.1, 0.15) is 0 Å². The van der Waals surface area contributed by atoms with Gasteiger partial charge in [0, 0.05) is 12.4 Å². The molecule has 2 heteroatoms. The van der Waals surface area contributed by atoms with Gasteiger partial charge >= 0.3 is 0 Å². The molecule has 1 rings (SSSR count). The smallest absolute Gasteiger partial charge is 0.0808 e. The summed E-state index contributed by atoms with van der Waals surface area (Å²) < 4.78 is 0. The van der Waals surface area contributed by atoms with Crippen LogP contribution in [0.5, 0.6) is 0 Å². The number of aliphatic imine (C=N–C) groups is 1. The summed E-state index contributed by atoms with van der Waals surface area (Å²) in [6.45, 7) is 6.37. The van der Waals surface area contributed by atoms with Gasteiger partial charge in [-0.3, -0.25) is 9.98 Å². The van der Waals surface area contributed by atoms with Gasteiger partial charge in [-0.15, -0.1) is 0 Å². The minimum absolute atomic E-state index is 0.0253. The number of hydrogen-bond acceptors (Lipinski definition) is 2. The molecule has 0 fully saturated rings. The number of pyridine rings is 1. The van der Waals surface area contributed by atoms with Crippen LogP contribution in [0, 0.1) is 0 Å². The van der Waals surface area contributed by atoms with Crippen molar-refractivity contribution < 1.29 is 0 Å². The lowest BCUT2D eigenvalue weighted by Crippen LogP contribution is -2.14. The van der Waals surface area contributed by atoms with Crippen LogP contribution >= 0.6 is 0 Å². The molecule has 0 aliphatic heterocycles. The Kier molecular flexibility index (Phi) is 3.18. The third-order valence-electron chi connectivity index (χ3n) is 2.10. The van der Waals surface area contributed by atoms with Crippen molar-refractivity contribution in [3.63, 3.8) is 0 Å². The number of hydrogen-bond donors (Lipinski definition) is 0. The van der Waals surface area contributed by atoms with Gasteiger partial charge in [-0.2, -0.15) is 0 Å². The van der Waals surface area contributed by atoms with Crippen LogP contribution in [0.1, 0.15) is 32.9 Å². The zero-order valence-corrected chi connectivity index (χ0v) is 8.49. The first-order valence-corrected chi connectivity index (χ1v) is 4.60. The van der Waals surface area contributed by atoms with E-state index in [2.05, 4.69) is 30.7 Å². The van der Waals surface area contributed by atoms with Gasteiger partial charge in [0.15, 0.2) is 0 Å². The highest BCUT2D eigenvalue weighted by molar-refractivity contribution is 5.77. The van der Waals surface area contributed by atoms with E-state index in [1.165, 1.54) is 0 Å². The number of rotatable bonds is 3. The third kappa shape index (κ3) is 3.36. The van der Waals surface area contributed by atoms with E-state index in [0.717, 1.165) is 12.1 Å². The molecule has 13 heavy (non-hydrogen) atoms. The molecule has 0 atom stereocenters. The molecule has 0 spiro atoms. The lowest BCUT2D eigenvalue weighted by Gasteiger charge is -2.15. The van der Waals surface area contributed by atoms with Crippen LogP contribution < -0.4 is 0 Å². The molecule has 0 amide bonds. The molecule has 0 bridgehead atoms. The molecule has 0 aliphatic rings. The second kappa shape index (κ2) is 4.17. The Labute approximate surface area is 79.7 Å². The Hall–Kier alpha value is -1.18. The molecule has 0 saturated heterocycles. The summed E-state index contributed by atoms with van der Waals surface area (Å²) in [5, 5.41) is 0. The first-order valence-electron chi connectivity index (χ1n) is 4.60.